The van der Waals surface area contributed by atoms with Crippen molar-refractivity contribution in [3.8, 4) is 5.75 Å². The first-order valence-corrected chi connectivity index (χ1v) is 6.73. The van der Waals surface area contributed by atoms with Crippen LogP contribution >= 0.6 is 0 Å². The van der Waals surface area contributed by atoms with Crippen LogP contribution in [0.2, 0.25) is 0 Å². The predicted octanol–water partition coefficient (Wildman–Crippen LogP) is 3.46. The zero-order valence-corrected chi connectivity index (χ0v) is 12.2. The molecule has 0 radical (unpaired) electrons. The van der Waals surface area contributed by atoms with Crippen molar-refractivity contribution >= 4 is 5.69 Å². The van der Waals surface area contributed by atoms with E-state index >= 15 is 0 Å². The van der Waals surface area contributed by atoms with Crippen LogP contribution in [0.4, 0.5) is 5.69 Å². The molecule has 3 nitrogen and oxygen atoms in total. The molecule has 0 aromatic heterocycles. The maximum absolute atomic E-state index is 10.2. The van der Waals surface area contributed by atoms with Gasteiger partial charge in [-0.3, -0.25) is 0 Å². The highest BCUT2D eigenvalue weighted by Gasteiger charge is 2.09. The Balaban J connectivity index is 2.04. The lowest BCUT2D eigenvalue weighted by atomic mass is 10.1. The molecule has 2 rings (SSSR count). The minimum absolute atomic E-state index is 0.470. The molecule has 0 aliphatic rings. The van der Waals surface area contributed by atoms with Gasteiger partial charge in [0.2, 0.25) is 0 Å². The van der Waals surface area contributed by atoms with Crippen LogP contribution in [0, 0.1) is 13.8 Å². The SMILES string of the molecule is COc1cccc(C(O)CNc2cc(C)ccc2C)c1. The fourth-order valence-electron chi connectivity index (χ4n) is 2.10. The molecule has 106 valence electrons. The normalized spacial score (nSPS) is 12.0. The molecule has 0 saturated carbocycles. The number of rotatable bonds is 5. The fourth-order valence-corrected chi connectivity index (χ4v) is 2.10. The van der Waals surface area contributed by atoms with E-state index in [9.17, 15) is 5.11 Å². The second kappa shape index (κ2) is 6.44. The first kappa shape index (κ1) is 14.4. The summed E-state index contributed by atoms with van der Waals surface area (Å²) in [7, 11) is 1.62. The van der Waals surface area contributed by atoms with Crippen molar-refractivity contribution in [2.75, 3.05) is 19.0 Å². The molecule has 2 N–H and O–H groups in total. The highest BCUT2D eigenvalue weighted by molar-refractivity contribution is 5.52. The number of ether oxygens (including phenoxy) is 1. The van der Waals surface area contributed by atoms with Gasteiger partial charge >= 0.3 is 0 Å². The Morgan fingerprint density at radius 2 is 1.95 bits per heavy atom. The summed E-state index contributed by atoms with van der Waals surface area (Å²) >= 11 is 0. The van der Waals surface area contributed by atoms with Crippen molar-refractivity contribution in [3.05, 3.63) is 59.2 Å². The van der Waals surface area contributed by atoms with Crippen LogP contribution in [0.5, 0.6) is 5.75 Å². The van der Waals surface area contributed by atoms with E-state index in [2.05, 4.69) is 37.4 Å². The Kier molecular flexibility index (Phi) is 4.64. The van der Waals surface area contributed by atoms with Gasteiger partial charge in [-0.25, -0.2) is 0 Å². The third kappa shape index (κ3) is 3.52. The van der Waals surface area contributed by atoms with Crippen LogP contribution in [-0.2, 0) is 0 Å². The number of nitrogens with one attached hydrogen (secondary N) is 1. The summed E-state index contributed by atoms with van der Waals surface area (Å²) < 4.78 is 5.17. The van der Waals surface area contributed by atoms with Crippen molar-refractivity contribution in [2.45, 2.75) is 20.0 Å². The van der Waals surface area contributed by atoms with Crippen molar-refractivity contribution in [1.29, 1.82) is 0 Å². The quantitative estimate of drug-likeness (QED) is 0.875. The summed E-state index contributed by atoms with van der Waals surface area (Å²) in [5.41, 5.74) is 4.29. The van der Waals surface area contributed by atoms with Gasteiger partial charge in [0.15, 0.2) is 0 Å². The topological polar surface area (TPSA) is 41.5 Å². The van der Waals surface area contributed by atoms with Gasteiger partial charge in [-0.05, 0) is 48.7 Å². The number of anilines is 1. The molecule has 1 atom stereocenters. The van der Waals surface area contributed by atoms with E-state index in [1.165, 1.54) is 11.1 Å². The van der Waals surface area contributed by atoms with Gasteiger partial charge in [0, 0.05) is 12.2 Å². The molecule has 2 aromatic carbocycles. The molecule has 0 saturated heterocycles. The molecule has 3 heteroatoms. The Hall–Kier alpha value is -2.00. The predicted molar refractivity (Wildman–Crippen MR) is 82.4 cm³/mol. The van der Waals surface area contributed by atoms with Gasteiger partial charge in [-0.15, -0.1) is 0 Å². The second-order valence-corrected chi connectivity index (χ2v) is 4.99. The van der Waals surface area contributed by atoms with Gasteiger partial charge in [0.05, 0.1) is 13.2 Å². The van der Waals surface area contributed by atoms with Crippen LogP contribution in [0.25, 0.3) is 0 Å². The van der Waals surface area contributed by atoms with Gasteiger partial charge in [0.1, 0.15) is 5.75 Å². The van der Waals surface area contributed by atoms with Crippen LogP contribution in [0.15, 0.2) is 42.5 Å². The Morgan fingerprint density at radius 1 is 1.15 bits per heavy atom. The highest BCUT2D eigenvalue weighted by Crippen LogP contribution is 2.21. The van der Waals surface area contributed by atoms with Crippen molar-refractivity contribution < 1.29 is 9.84 Å². The van der Waals surface area contributed by atoms with Gasteiger partial charge in [-0.1, -0.05) is 24.3 Å². The zero-order chi connectivity index (χ0) is 14.5. The largest absolute Gasteiger partial charge is 0.497 e. The van der Waals surface area contributed by atoms with Gasteiger partial charge in [0.25, 0.3) is 0 Å². The summed E-state index contributed by atoms with van der Waals surface area (Å²) in [5.74, 6) is 0.758. The Morgan fingerprint density at radius 3 is 2.70 bits per heavy atom. The standard InChI is InChI=1S/C17H21NO2/c1-12-7-8-13(2)16(9-12)18-11-17(19)14-5-4-6-15(10-14)20-3/h4-10,17-19H,11H2,1-3H3. The number of aliphatic hydroxyl groups is 1. The lowest BCUT2D eigenvalue weighted by molar-refractivity contribution is 0.191. The van der Waals surface area contributed by atoms with Crippen molar-refractivity contribution in [1.82, 2.24) is 0 Å². The molecule has 1 unspecified atom stereocenters. The highest BCUT2D eigenvalue weighted by atomic mass is 16.5. The van der Waals surface area contributed by atoms with Crippen LogP contribution in [0.3, 0.4) is 0 Å². The minimum atomic E-state index is -0.565. The number of hydrogen-bond acceptors (Lipinski definition) is 3. The van der Waals surface area contributed by atoms with Crippen molar-refractivity contribution in [3.63, 3.8) is 0 Å². The summed E-state index contributed by atoms with van der Waals surface area (Å²) in [5, 5.41) is 13.5. The summed E-state index contributed by atoms with van der Waals surface area (Å²) in [6.45, 7) is 4.58. The first-order valence-electron chi connectivity index (χ1n) is 6.73. The third-order valence-electron chi connectivity index (χ3n) is 3.36. The van der Waals surface area contributed by atoms with E-state index in [4.69, 9.17) is 4.74 Å². The maximum Gasteiger partial charge on any atom is 0.119 e. The number of aliphatic hydroxyl groups excluding tert-OH is 1. The molecule has 0 aliphatic heterocycles. The first-order chi connectivity index (χ1) is 9.60. The minimum Gasteiger partial charge on any atom is -0.497 e. The molecule has 0 bridgehead atoms. The fraction of sp³-hybridized carbons (Fsp3) is 0.294. The van der Waals surface area contributed by atoms with Crippen LogP contribution in [0.1, 0.15) is 22.8 Å². The summed E-state index contributed by atoms with van der Waals surface area (Å²) in [6.07, 6.45) is -0.565. The number of benzene rings is 2. The molecule has 0 spiro atoms. The lowest BCUT2D eigenvalue weighted by Crippen LogP contribution is -2.13. The average Bonchev–Trinajstić information content (AvgIpc) is 2.48. The van der Waals surface area contributed by atoms with E-state index in [-0.39, 0.29) is 0 Å². The molecule has 0 fully saturated rings. The molecular formula is C17H21NO2. The monoisotopic (exact) mass is 271 g/mol. The van der Waals surface area contributed by atoms with Gasteiger partial charge in [-0.2, -0.15) is 0 Å². The van der Waals surface area contributed by atoms with E-state index in [0.29, 0.717) is 6.54 Å². The van der Waals surface area contributed by atoms with Gasteiger partial charge < -0.3 is 15.2 Å². The maximum atomic E-state index is 10.2. The van der Waals surface area contributed by atoms with E-state index in [1.54, 1.807) is 7.11 Å². The molecule has 0 heterocycles. The molecule has 0 aliphatic carbocycles. The number of hydrogen-bond donors (Lipinski definition) is 2. The third-order valence-corrected chi connectivity index (χ3v) is 3.36. The van der Waals surface area contributed by atoms with Crippen LogP contribution in [-0.4, -0.2) is 18.8 Å². The summed E-state index contributed by atoms with van der Waals surface area (Å²) in [4.78, 5) is 0. The van der Waals surface area contributed by atoms with Crippen molar-refractivity contribution in [2.24, 2.45) is 0 Å². The van der Waals surface area contributed by atoms with E-state index in [0.717, 1.165) is 17.0 Å². The molecule has 20 heavy (non-hydrogen) atoms. The number of methoxy groups -OCH3 is 1. The van der Waals surface area contributed by atoms with Crippen LogP contribution < -0.4 is 10.1 Å². The molecule has 0 amide bonds. The smallest absolute Gasteiger partial charge is 0.119 e. The average molecular weight is 271 g/mol. The number of aryl methyl sites for hydroxylation is 2. The zero-order valence-electron chi connectivity index (χ0n) is 12.2. The van der Waals surface area contributed by atoms with E-state index in [1.807, 2.05) is 24.3 Å². The molecular weight excluding hydrogens is 250 g/mol. The van der Waals surface area contributed by atoms with E-state index < -0.39 is 6.10 Å². The Labute approximate surface area is 120 Å². The lowest BCUT2D eigenvalue weighted by Gasteiger charge is -2.15. The second-order valence-electron chi connectivity index (χ2n) is 4.99. The molecule has 2 aromatic rings. The Bertz CT molecular complexity index is 581. The summed E-state index contributed by atoms with van der Waals surface area (Å²) in [6, 6.07) is 13.8.